The average Bonchev–Trinajstić information content (AvgIpc) is 2.85. The molecule has 9 nitrogen and oxygen atoms in total. The van der Waals surface area contributed by atoms with Gasteiger partial charge in [0.2, 0.25) is 11.9 Å². The highest BCUT2D eigenvalue weighted by Crippen LogP contribution is 2.27. The molecule has 4 rings (SSSR count). The second kappa shape index (κ2) is 10.3. The number of aliphatic hydroxyl groups is 1. The fourth-order valence-corrected chi connectivity index (χ4v) is 3.38. The quantitative estimate of drug-likeness (QED) is 0.515. The van der Waals surface area contributed by atoms with Crippen molar-refractivity contribution >= 4 is 23.2 Å². The number of hydrogen-bond acceptors (Lipinski definition) is 8. The predicted octanol–water partition coefficient (Wildman–Crippen LogP) is 1.79. The van der Waals surface area contributed by atoms with Crippen molar-refractivity contribution in [1.82, 2.24) is 15.0 Å². The Bertz CT molecular complexity index is 1030. The molecule has 1 saturated heterocycles. The van der Waals surface area contributed by atoms with Crippen LogP contribution in [-0.4, -0.2) is 64.9 Å². The zero-order chi connectivity index (χ0) is 22.3. The number of rotatable bonds is 7. The van der Waals surface area contributed by atoms with Crippen molar-refractivity contribution < 1.29 is 14.6 Å². The van der Waals surface area contributed by atoms with Gasteiger partial charge in [0.1, 0.15) is 6.04 Å². The van der Waals surface area contributed by atoms with E-state index in [9.17, 15) is 4.79 Å². The van der Waals surface area contributed by atoms with Gasteiger partial charge in [0, 0.05) is 30.5 Å². The summed E-state index contributed by atoms with van der Waals surface area (Å²) in [5, 5.41) is 15.9. The standard InChI is InChI=1S/C23H26N6O3/c24-20(16-30)22(31)26-18-8-6-17(7-9-18)21-10-11-25-23(27-21)29(19-4-2-1-3-5-19)28-12-14-32-15-13-28/h1-11,20,30H,12-16,24H2,(H,26,31)/t20-/m1/s1. The van der Waals surface area contributed by atoms with Gasteiger partial charge in [0.05, 0.1) is 31.2 Å². The third-order valence-electron chi connectivity index (χ3n) is 5.09. The minimum atomic E-state index is -0.955. The molecule has 0 spiro atoms. The number of para-hydroxylation sites is 1. The van der Waals surface area contributed by atoms with Crippen LogP contribution in [0.3, 0.4) is 0 Å². The van der Waals surface area contributed by atoms with Gasteiger partial charge in [-0.05, 0) is 30.3 Å². The number of aliphatic hydroxyl groups excluding tert-OH is 1. The number of carbonyl (C=O) groups is 1. The Morgan fingerprint density at radius 3 is 2.53 bits per heavy atom. The lowest BCUT2D eigenvalue weighted by molar-refractivity contribution is -0.118. The maximum atomic E-state index is 11.9. The summed E-state index contributed by atoms with van der Waals surface area (Å²) in [5.74, 6) is 0.135. The van der Waals surface area contributed by atoms with Crippen LogP contribution in [0, 0.1) is 0 Å². The molecule has 9 heteroatoms. The van der Waals surface area contributed by atoms with Crippen molar-refractivity contribution in [2.75, 3.05) is 43.2 Å². The van der Waals surface area contributed by atoms with Crippen molar-refractivity contribution in [3.8, 4) is 11.3 Å². The predicted molar refractivity (Wildman–Crippen MR) is 122 cm³/mol. The third kappa shape index (κ3) is 5.09. The highest BCUT2D eigenvalue weighted by molar-refractivity contribution is 5.94. The van der Waals surface area contributed by atoms with Gasteiger partial charge in [0.15, 0.2) is 0 Å². The molecule has 3 aromatic rings. The van der Waals surface area contributed by atoms with Crippen molar-refractivity contribution in [2.45, 2.75) is 6.04 Å². The number of morpholine rings is 1. The summed E-state index contributed by atoms with van der Waals surface area (Å²) in [6.45, 7) is 2.38. The first-order valence-electron chi connectivity index (χ1n) is 10.4. The van der Waals surface area contributed by atoms with Crippen LogP contribution in [0.15, 0.2) is 66.9 Å². The fraction of sp³-hybridized carbons (Fsp3) is 0.261. The monoisotopic (exact) mass is 434 g/mol. The number of ether oxygens (including phenoxy) is 1. The lowest BCUT2D eigenvalue weighted by atomic mass is 10.1. The van der Waals surface area contributed by atoms with Crippen molar-refractivity contribution in [3.05, 3.63) is 66.9 Å². The normalized spacial score (nSPS) is 15.2. The van der Waals surface area contributed by atoms with Crippen molar-refractivity contribution in [1.29, 1.82) is 0 Å². The molecule has 4 N–H and O–H groups in total. The Kier molecular flexibility index (Phi) is 7.03. The van der Waals surface area contributed by atoms with Gasteiger partial charge in [-0.3, -0.25) is 4.79 Å². The molecule has 0 saturated carbocycles. The zero-order valence-corrected chi connectivity index (χ0v) is 17.6. The molecule has 0 unspecified atom stereocenters. The summed E-state index contributed by atoms with van der Waals surface area (Å²) < 4.78 is 5.51. The van der Waals surface area contributed by atoms with E-state index in [1.165, 1.54) is 0 Å². The maximum Gasteiger partial charge on any atom is 0.245 e. The van der Waals surface area contributed by atoms with Crippen molar-refractivity contribution in [3.63, 3.8) is 0 Å². The number of benzene rings is 2. The van der Waals surface area contributed by atoms with Crippen molar-refractivity contribution in [2.24, 2.45) is 5.73 Å². The van der Waals surface area contributed by atoms with Gasteiger partial charge < -0.3 is 20.9 Å². The van der Waals surface area contributed by atoms with Gasteiger partial charge in [-0.2, -0.15) is 0 Å². The van der Waals surface area contributed by atoms with E-state index in [1.807, 2.05) is 53.5 Å². The Morgan fingerprint density at radius 1 is 1.12 bits per heavy atom. The van der Waals surface area contributed by atoms with E-state index in [4.69, 9.17) is 20.6 Å². The molecule has 1 aliphatic heterocycles. The van der Waals surface area contributed by atoms with Gasteiger partial charge in [-0.15, -0.1) is 0 Å². The molecule has 1 fully saturated rings. The van der Waals surface area contributed by atoms with E-state index in [1.54, 1.807) is 18.3 Å². The summed E-state index contributed by atoms with van der Waals surface area (Å²) in [4.78, 5) is 21.2. The number of nitrogens with one attached hydrogen (secondary N) is 1. The third-order valence-corrected chi connectivity index (χ3v) is 5.09. The number of amides is 1. The lowest BCUT2D eigenvalue weighted by Gasteiger charge is -2.37. The second-order valence-corrected chi connectivity index (χ2v) is 7.31. The van der Waals surface area contributed by atoms with E-state index in [0.717, 1.165) is 30.0 Å². The molecule has 0 aliphatic carbocycles. The molecule has 0 radical (unpaired) electrons. The van der Waals surface area contributed by atoms with Crippen LogP contribution >= 0.6 is 0 Å². The largest absolute Gasteiger partial charge is 0.394 e. The molecule has 0 bridgehead atoms. The van der Waals surface area contributed by atoms with E-state index >= 15 is 0 Å². The van der Waals surface area contributed by atoms with Gasteiger partial charge in [-0.25, -0.2) is 20.0 Å². The summed E-state index contributed by atoms with van der Waals surface area (Å²) in [5.41, 5.74) is 8.76. The molecule has 32 heavy (non-hydrogen) atoms. The Morgan fingerprint density at radius 2 is 1.84 bits per heavy atom. The number of carbonyl (C=O) groups excluding carboxylic acids is 1. The first kappa shape index (κ1) is 21.8. The maximum absolute atomic E-state index is 11.9. The first-order chi connectivity index (χ1) is 15.7. The molecule has 2 aromatic carbocycles. The first-order valence-corrected chi connectivity index (χ1v) is 10.4. The van der Waals surface area contributed by atoms with Crippen LogP contribution in [0.5, 0.6) is 0 Å². The average molecular weight is 435 g/mol. The van der Waals surface area contributed by atoms with Crippen LogP contribution in [0.2, 0.25) is 0 Å². The smallest absolute Gasteiger partial charge is 0.245 e. The summed E-state index contributed by atoms with van der Waals surface area (Å²) >= 11 is 0. The second-order valence-electron chi connectivity index (χ2n) is 7.31. The molecule has 2 heterocycles. The van der Waals surface area contributed by atoms with E-state index in [0.29, 0.717) is 24.8 Å². The number of aromatic nitrogens is 2. The number of nitrogens with zero attached hydrogens (tertiary/aromatic N) is 4. The molecule has 1 atom stereocenters. The summed E-state index contributed by atoms with van der Waals surface area (Å²) in [7, 11) is 0. The topological polar surface area (TPSA) is 117 Å². The molecule has 1 amide bonds. The van der Waals surface area contributed by atoms with Crippen LogP contribution in [0.25, 0.3) is 11.3 Å². The number of hydrogen-bond donors (Lipinski definition) is 3. The molecule has 166 valence electrons. The lowest BCUT2D eigenvalue weighted by Crippen LogP contribution is -2.47. The number of anilines is 3. The number of nitrogens with two attached hydrogens (primary N) is 1. The van der Waals surface area contributed by atoms with E-state index < -0.39 is 18.6 Å². The van der Waals surface area contributed by atoms with Crippen LogP contribution in [0.1, 0.15) is 0 Å². The van der Waals surface area contributed by atoms with Gasteiger partial charge in [0.25, 0.3) is 0 Å². The summed E-state index contributed by atoms with van der Waals surface area (Å²) in [6.07, 6.45) is 1.74. The highest BCUT2D eigenvalue weighted by atomic mass is 16.5. The fourth-order valence-electron chi connectivity index (χ4n) is 3.38. The van der Waals surface area contributed by atoms with E-state index in [2.05, 4.69) is 15.3 Å². The Labute approximate surface area is 186 Å². The molecule has 1 aliphatic rings. The highest BCUT2D eigenvalue weighted by Gasteiger charge is 2.23. The Balaban J connectivity index is 1.59. The molecule has 1 aromatic heterocycles. The minimum Gasteiger partial charge on any atom is -0.394 e. The van der Waals surface area contributed by atoms with Crippen LogP contribution in [-0.2, 0) is 9.53 Å². The molecular formula is C23H26N6O3. The van der Waals surface area contributed by atoms with Gasteiger partial charge >= 0.3 is 0 Å². The van der Waals surface area contributed by atoms with Crippen LogP contribution < -0.4 is 16.1 Å². The van der Waals surface area contributed by atoms with E-state index in [-0.39, 0.29) is 0 Å². The Hall–Kier alpha value is -3.37. The zero-order valence-electron chi connectivity index (χ0n) is 17.6. The van der Waals surface area contributed by atoms with Crippen LogP contribution in [0.4, 0.5) is 17.3 Å². The SMILES string of the molecule is N[C@H](CO)C(=O)Nc1ccc(-c2ccnc(N(c3ccccc3)N3CCOCC3)n2)cc1. The summed E-state index contributed by atoms with van der Waals surface area (Å²) in [6, 6.07) is 18.2. The number of hydrazine groups is 1. The van der Waals surface area contributed by atoms with Gasteiger partial charge in [-0.1, -0.05) is 30.3 Å². The minimum absolute atomic E-state index is 0.408. The molecular weight excluding hydrogens is 408 g/mol.